The molecule has 1 atom stereocenters. The number of halogens is 1. The summed E-state index contributed by atoms with van der Waals surface area (Å²) in [6.07, 6.45) is 0.628. The highest BCUT2D eigenvalue weighted by Gasteiger charge is 2.13. The Morgan fingerprint density at radius 3 is 2.57 bits per heavy atom. The van der Waals surface area contributed by atoms with Gasteiger partial charge in [0.25, 0.3) is 5.91 Å². The van der Waals surface area contributed by atoms with E-state index in [1.807, 2.05) is 42.5 Å². The van der Waals surface area contributed by atoms with E-state index in [9.17, 15) is 9.90 Å². The van der Waals surface area contributed by atoms with Gasteiger partial charge in [-0.15, -0.1) is 0 Å². The highest BCUT2D eigenvalue weighted by atomic mass is 79.9. The normalized spacial score (nSPS) is 11.9. The van der Waals surface area contributed by atoms with Crippen LogP contribution in [0.1, 0.15) is 28.3 Å². The second-order valence-electron chi connectivity index (χ2n) is 4.84. The van der Waals surface area contributed by atoms with Crippen LogP contribution in [0.25, 0.3) is 0 Å². The minimum atomic E-state index is -0.102. The summed E-state index contributed by atoms with van der Waals surface area (Å²) in [6, 6.07) is 17.2. The molecule has 0 bridgehead atoms. The number of hydrogen-bond acceptors (Lipinski definition) is 2. The van der Waals surface area contributed by atoms with Crippen LogP contribution in [0.15, 0.2) is 59.1 Å². The zero-order valence-corrected chi connectivity index (χ0v) is 13.2. The molecule has 2 N–H and O–H groups in total. The molecule has 0 aliphatic rings. The summed E-state index contributed by atoms with van der Waals surface area (Å²) in [5, 5.41) is 12.1. The molecule has 21 heavy (non-hydrogen) atoms. The van der Waals surface area contributed by atoms with E-state index < -0.39 is 0 Å². The van der Waals surface area contributed by atoms with Crippen LogP contribution in [0, 0.1) is 0 Å². The average Bonchev–Trinajstić information content (AvgIpc) is 2.52. The number of carbonyl (C=O) groups excluding carboxylic acids is 1. The standard InChI is InChI=1S/C17H18BrNO2/c18-16-8-4-7-14(11-16)17(21)19-12-15(9-10-20)13-5-2-1-3-6-13/h1-8,11,15,20H,9-10,12H2,(H,19,21). The first kappa shape index (κ1) is 15.7. The van der Waals surface area contributed by atoms with Crippen molar-refractivity contribution in [2.45, 2.75) is 12.3 Å². The maximum Gasteiger partial charge on any atom is 0.251 e. The summed E-state index contributed by atoms with van der Waals surface area (Å²) in [4.78, 5) is 12.1. The molecule has 0 spiro atoms. The number of hydrogen-bond donors (Lipinski definition) is 2. The van der Waals surface area contributed by atoms with Crippen molar-refractivity contribution < 1.29 is 9.90 Å². The fourth-order valence-electron chi connectivity index (χ4n) is 2.22. The summed E-state index contributed by atoms with van der Waals surface area (Å²) in [6.45, 7) is 0.613. The number of aliphatic hydroxyl groups excluding tert-OH is 1. The molecule has 0 aliphatic carbocycles. The number of benzene rings is 2. The van der Waals surface area contributed by atoms with Gasteiger partial charge in [-0.2, -0.15) is 0 Å². The third-order valence-corrected chi connectivity index (χ3v) is 3.84. The van der Waals surface area contributed by atoms with Crippen molar-refractivity contribution in [1.29, 1.82) is 0 Å². The monoisotopic (exact) mass is 347 g/mol. The molecule has 0 fully saturated rings. The minimum Gasteiger partial charge on any atom is -0.396 e. The first-order chi connectivity index (χ1) is 10.2. The number of amides is 1. The average molecular weight is 348 g/mol. The van der Waals surface area contributed by atoms with Gasteiger partial charge in [-0.1, -0.05) is 52.3 Å². The van der Waals surface area contributed by atoms with E-state index in [2.05, 4.69) is 21.2 Å². The van der Waals surface area contributed by atoms with Gasteiger partial charge >= 0.3 is 0 Å². The maximum absolute atomic E-state index is 12.1. The smallest absolute Gasteiger partial charge is 0.251 e. The van der Waals surface area contributed by atoms with E-state index >= 15 is 0 Å². The van der Waals surface area contributed by atoms with Crippen molar-refractivity contribution in [1.82, 2.24) is 5.32 Å². The fraction of sp³-hybridized carbons (Fsp3) is 0.235. The summed E-state index contributed by atoms with van der Waals surface area (Å²) in [7, 11) is 0. The molecule has 1 amide bonds. The highest BCUT2D eigenvalue weighted by molar-refractivity contribution is 9.10. The zero-order chi connectivity index (χ0) is 15.1. The van der Waals surface area contributed by atoms with Crippen molar-refractivity contribution in [3.05, 3.63) is 70.2 Å². The summed E-state index contributed by atoms with van der Waals surface area (Å²) in [5.41, 5.74) is 1.75. The maximum atomic E-state index is 12.1. The van der Waals surface area contributed by atoms with Gasteiger partial charge in [0.2, 0.25) is 0 Å². The second kappa shape index (κ2) is 7.96. The molecular weight excluding hydrogens is 330 g/mol. The van der Waals surface area contributed by atoms with Crippen LogP contribution in [-0.2, 0) is 0 Å². The molecule has 0 saturated heterocycles. The lowest BCUT2D eigenvalue weighted by molar-refractivity contribution is 0.0949. The number of carbonyl (C=O) groups is 1. The minimum absolute atomic E-state index is 0.102. The van der Waals surface area contributed by atoms with Crippen LogP contribution < -0.4 is 5.32 Å². The Hall–Kier alpha value is -1.65. The quantitative estimate of drug-likeness (QED) is 0.841. The number of aliphatic hydroxyl groups is 1. The Morgan fingerprint density at radius 2 is 1.90 bits per heavy atom. The second-order valence-corrected chi connectivity index (χ2v) is 5.76. The van der Waals surface area contributed by atoms with Gasteiger partial charge in [0.05, 0.1) is 0 Å². The van der Waals surface area contributed by atoms with E-state index in [-0.39, 0.29) is 18.4 Å². The number of rotatable bonds is 6. The Kier molecular flexibility index (Phi) is 5.96. The predicted octanol–water partition coefficient (Wildman–Crippen LogP) is 3.35. The Morgan fingerprint density at radius 1 is 1.14 bits per heavy atom. The van der Waals surface area contributed by atoms with E-state index in [1.54, 1.807) is 12.1 Å². The van der Waals surface area contributed by atoms with Crippen molar-refractivity contribution in [3.8, 4) is 0 Å². The predicted molar refractivity (Wildman–Crippen MR) is 87.4 cm³/mol. The van der Waals surface area contributed by atoms with Crippen LogP contribution in [0.3, 0.4) is 0 Å². The fourth-order valence-corrected chi connectivity index (χ4v) is 2.61. The zero-order valence-electron chi connectivity index (χ0n) is 11.6. The molecule has 2 aromatic rings. The highest BCUT2D eigenvalue weighted by Crippen LogP contribution is 2.18. The van der Waals surface area contributed by atoms with Crippen LogP contribution in [-0.4, -0.2) is 24.2 Å². The molecular formula is C17H18BrNO2. The first-order valence-electron chi connectivity index (χ1n) is 6.90. The van der Waals surface area contributed by atoms with Crippen molar-refractivity contribution in [3.63, 3.8) is 0 Å². The summed E-state index contributed by atoms with van der Waals surface area (Å²) in [5.74, 6) is 0.0162. The third-order valence-electron chi connectivity index (χ3n) is 3.34. The van der Waals surface area contributed by atoms with E-state index in [0.717, 1.165) is 10.0 Å². The lowest BCUT2D eigenvalue weighted by Gasteiger charge is -2.17. The van der Waals surface area contributed by atoms with Crippen LogP contribution in [0.5, 0.6) is 0 Å². The molecule has 0 aromatic heterocycles. The Balaban J connectivity index is 2.00. The van der Waals surface area contributed by atoms with Crippen LogP contribution >= 0.6 is 15.9 Å². The van der Waals surface area contributed by atoms with Crippen molar-refractivity contribution in [2.24, 2.45) is 0 Å². The Labute approximate surface area is 133 Å². The van der Waals surface area contributed by atoms with Gasteiger partial charge in [0, 0.05) is 29.1 Å². The van der Waals surface area contributed by atoms with Crippen LogP contribution in [0.2, 0.25) is 0 Å². The Bertz CT molecular complexity index is 586. The largest absolute Gasteiger partial charge is 0.396 e. The van der Waals surface area contributed by atoms with Crippen molar-refractivity contribution >= 4 is 21.8 Å². The molecule has 2 rings (SSSR count). The van der Waals surface area contributed by atoms with Gasteiger partial charge in [-0.05, 0) is 30.2 Å². The first-order valence-corrected chi connectivity index (χ1v) is 7.69. The lowest BCUT2D eigenvalue weighted by Crippen LogP contribution is -2.28. The van der Waals surface area contributed by atoms with Gasteiger partial charge < -0.3 is 10.4 Å². The van der Waals surface area contributed by atoms with Gasteiger partial charge in [-0.3, -0.25) is 4.79 Å². The molecule has 110 valence electrons. The van der Waals surface area contributed by atoms with E-state index in [1.165, 1.54) is 0 Å². The third kappa shape index (κ3) is 4.69. The molecule has 2 aromatic carbocycles. The molecule has 0 heterocycles. The van der Waals surface area contributed by atoms with Gasteiger partial charge in [0.15, 0.2) is 0 Å². The van der Waals surface area contributed by atoms with E-state index in [4.69, 9.17) is 0 Å². The molecule has 4 heteroatoms. The van der Waals surface area contributed by atoms with E-state index in [0.29, 0.717) is 18.5 Å². The molecule has 3 nitrogen and oxygen atoms in total. The lowest BCUT2D eigenvalue weighted by atomic mass is 9.96. The van der Waals surface area contributed by atoms with Gasteiger partial charge in [0.1, 0.15) is 0 Å². The summed E-state index contributed by atoms with van der Waals surface area (Å²) >= 11 is 3.36. The molecule has 0 radical (unpaired) electrons. The molecule has 0 saturated carbocycles. The SMILES string of the molecule is O=C(NCC(CCO)c1ccccc1)c1cccc(Br)c1. The molecule has 0 aliphatic heterocycles. The number of nitrogens with one attached hydrogen (secondary N) is 1. The summed E-state index contributed by atoms with van der Waals surface area (Å²) < 4.78 is 0.880. The van der Waals surface area contributed by atoms with Gasteiger partial charge in [-0.25, -0.2) is 0 Å². The van der Waals surface area contributed by atoms with Crippen LogP contribution in [0.4, 0.5) is 0 Å². The van der Waals surface area contributed by atoms with Crippen molar-refractivity contribution in [2.75, 3.05) is 13.2 Å². The topological polar surface area (TPSA) is 49.3 Å². The molecule has 1 unspecified atom stereocenters.